The lowest BCUT2D eigenvalue weighted by molar-refractivity contribution is -0.190. The van der Waals surface area contributed by atoms with Gasteiger partial charge in [0.1, 0.15) is 5.82 Å². The number of hydroxylamine groups is 1. The molecule has 0 amide bonds. The summed E-state index contributed by atoms with van der Waals surface area (Å²) in [7, 11) is 0. The molecular formula is C8H8F4N2O. The van der Waals surface area contributed by atoms with E-state index >= 15 is 0 Å². The van der Waals surface area contributed by atoms with Gasteiger partial charge in [-0.1, -0.05) is 0 Å². The van der Waals surface area contributed by atoms with Crippen molar-refractivity contribution in [3.63, 3.8) is 0 Å². The van der Waals surface area contributed by atoms with Crippen molar-refractivity contribution in [2.45, 2.75) is 12.7 Å². The van der Waals surface area contributed by atoms with E-state index in [0.717, 1.165) is 12.3 Å². The van der Waals surface area contributed by atoms with E-state index in [4.69, 9.17) is 0 Å². The van der Waals surface area contributed by atoms with Crippen LogP contribution >= 0.6 is 0 Å². The molecule has 0 aliphatic carbocycles. The third-order valence-corrected chi connectivity index (χ3v) is 1.38. The molecule has 3 nitrogen and oxygen atoms in total. The van der Waals surface area contributed by atoms with Gasteiger partial charge in [0.15, 0.2) is 6.61 Å². The summed E-state index contributed by atoms with van der Waals surface area (Å²) < 4.78 is 47.4. The van der Waals surface area contributed by atoms with Gasteiger partial charge in [0.05, 0.1) is 6.20 Å². The van der Waals surface area contributed by atoms with E-state index in [1.165, 1.54) is 6.20 Å². The zero-order valence-corrected chi connectivity index (χ0v) is 7.51. The molecule has 1 rings (SSSR count). The summed E-state index contributed by atoms with van der Waals surface area (Å²) in [5.41, 5.74) is 2.46. The Bertz CT molecular complexity index is 316. The summed E-state index contributed by atoms with van der Waals surface area (Å²) >= 11 is 0. The highest BCUT2D eigenvalue weighted by molar-refractivity contribution is 5.09. The third-order valence-electron chi connectivity index (χ3n) is 1.38. The molecule has 0 bridgehead atoms. The van der Waals surface area contributed by atoms with Gasteiger partial charge in [-0.05, 0) is 11.6 Å². The van der Waals surface area contributed by atoms with Crippen molar-refractivity contribution >= 4 is 0 Å². The second-order valence-corrected chi connectivity index (χ2v) is 2.74. The summed E-state index contributed by atoms with van der Waals surface area (Å²) in [6.07, 6.45) is -2.06. The maximum Gasteiger partial charge on any atom is 0.413 e. The minimum atomic E-state index is -4.38. The van der Waals surface area contributed by atoms with Gasteiger partial charge in [-0.15, -0.1) is 0 Å². The topological polar surface area (TPSA) is 34.2 Å². The Morgan fingerprint density at radius 1 is 1.33 bits per heavy atom. The number of halogens is 4. The predicted octanol–water partition coefficient (Wildman–Crippen LogP) is 1.80. The van der Waals surface area contributed by atoms with Gasteiger partial charge in [0.2, 0.25) is 0 Å². The zero-order chi connectivity index (χ0) is 11.3. The predicted molar refractivity (Wildman–Crippen MR) is 43.0 cm³/mol. The third kappa shape index (κ3) is 5.28. The first-order chi connectivity index (χ1) is 6.97. The minimum Gasteiger partial charge on any atom is -0.292 e. The molecule has 7 heteroatoms. The maximum atomic E-state index is 12.6. The Balaban J connectivity index is 2.26. The molecule has 0 atom stereocenters. The van der Waals surface area contributed by atoms with Crippen LogP contribution in [0.25, 0.3) is 0 Å². The van der Waals surface area contributed by atoms with Gasteiger partial charge in [-0.2, -0.15) is 18.7 Å². The minimum absolute atomic E-state index is 0.0408. The van der Waals surface area contributed by atoms with Gasteiger partial charge in [-0.25, -0.2) is 4.39 Å². The summed E-state index contributed by atoms with van der Waals surface area (Å²) in [5, 5.41) is 0. The molecule has 0 saturated carbocycles. The SMILES string of the molecule is Fc1cncc(CNOCC(F)(F)F)c1. The molecule has 0 unspecified atom stereocenters. The Kier molecular flexibility index (Phi) is 3.98. The van der Waals surface area contributed by atoms with E-state index in [-0.39, 0.29) is 6.54 Å². The number of nitrogens with one attached hydrogen (secondary N) is 1. The fourth-order valence-corrected chi connectivity index (χ4v) is 0.820. The van der Waals surface area contributed by atoms with Crippen LogP contribution in [0.5, 0.6) is 0 Å². The molecule has 0 saturated heterocycles. The van der Waals surface area contributed by atoms with E-state index in [1.54, 1.807) is 0 Å². The Labute approximate surface area is 83.0 Å². The van der Waals surface area contributed by atoms with Crippen molar-refractivity contribution in [2.75, 3.05) is 6.61 Å². The van der Waals surface area contributed by atoms with Crippen LogP contribution in [0.4, 0.5) is 17.6 Å². The highest BCUT2D eigenvalue weighted by Gasteiger charge is 2.27. The van der Waals surface area contributed by atoms with E-state index < -0.39 is 18.6 Å². The van der Waals surface area contributed by atoms with Crippen molar-refractivity contribution in [1.82, 2.24) is 10.5 Å². The van der Waals surface area contributed by atoms with Crippen molar-refractivity contribution in [1.29, 1.82) is 0 Å². The molecule has 0 aliphatic rings. The molecule has 1 aromatic heterocycles. The number of aromatic nitrogens is 1. The summed E-state index contributed by atoms with van der Waals surface area (Å²) in [6.45, 7) is -1.43. The van der Waals surface area contributed by atoms with Gasteiger partial charge < -0.3 is 0 Å². The van der Waals surface area contributed by atoms with Crippen LogP contribution in [0.3, 0.4) is 0 Å². The average molecular weight is 224 g/mol. The van der Waals surface area contributed by atoms with Crippen LogP contribution in [0, 0.1) is 5.82 Å². The number of hydrogen-bond donors (Lipinski definition) is 1. The van der Waals surface area contributed by atoms with Crippen LogP contribution in [0.2, 0.25) is 0 Å². The standard InChI is InChI=1S/C8H8F4N2O/c9-7-1-6(2-13-4-7)3-14-15-5-8(10,11)12/h1-2,4,14H,3,5H2. The number of alkyl halides is 3. The first-order valence-corrected chi connectivity index (χ1v) is 3.98. The highest BCUT2D eigenvalue weighted by atomic mass is 19.4. The van der Waals surface area contributed by atoms with E-state index in [9.17, 15) is 17.6 Å². The monoisotopic (exact) mass is 224 g/mol. The van der Waals surface area contributed by atoms with Crippen molar-refractivity contribution in [2.24, 2.45) is 0 Å². The maximum absolute atomic E-state index is 12.6. The first-order valence-electron chi connectivity index (χ1n) is 3.98. The lowest BCUT2D eigenvalue weighted by atomic mass is 10.3. The first kappa shape index (κ1) is 11.9. The van der Waals surface area contributed by atoms with Gasteiger partial charge in [-0.3, -0.25) is 9.82 Å². The number of pyridine rings is 1. The molecule has 15 heavy (non-hydrogen) atoms. The second-order valence-electron chi connectivity index (χ2n) is 2.74. The quantitative estimate of drug-likeness (QED) is 0.481. The highest BCUT2D eigenvalue weighted by Crippen LogP contribution is 2.13. The van der Waals surface area contributed by atoms with E-state index in [2.05, 4.69) is 15.3 Å². The zero-order valence-electron chi connectivity index (χ0n) is 7.51. The number of nitrogens with zero attached hydrogens (tertiary/aromatic N) is 1. The molecule has 0 fully saturated rings. The molecule has 1 N–H and O–H groups in total. The Morgan fingerprint density at radius 2 is 2.07 bits per heavy atom. The van der Waals surface area contributed by atoms with Gasteiger partial charge >= 0.3 is 6.18 Å². The van der Waals surface area contributed by atoms with Crippen molar-refractivity contribution in [3.8, 4) is 0 Å². The van der Waals surface area contributed by atoms with Crippen LogP contribution in [0.1, 0.15) is 5.56 Å². The van der Waals surface area contributed by atoms with E-state index in [0.29, 0.717) is 5.56 Å². The summed E-state index contributed by atoms with van der Waals surface area (Å²) in [4.78, 5) is 7.64. The fourth-order valence-electron chi connectivity index (χ4n) is 0.820. The second kappa shape index (κ2) is 5.04. The van der Waals surface area contributed by atoms with Crippen LogP contribution in [-0.4, -0.2) is 17.8 Å². The molecule has 0 radical (unpaired) electrons. The largest absolute Gasteiger partial charge is 0.413 e. The molecule has 0 aromatic carbocycles. The normalized spacial score (nSPS) is 11.7. The van der Waals surface area contributed by atoms with Gasteiger partial charge in [0, 0.05) is 12.7 Å². The fraction of sp³-hybridized carbons (Fsp3) is 0.375. The summed E-state index contributed by atoms with van der Waals surface area (Å²) in [5.74, 6) is -0.551. The van der Waals surface area contributed by atoms with Crippen LogP contribution in [0.15, 0.2) is 18.5 Å². The number of hydrogen-bond acceptors (Lipinski definition) is 3. The Morgan fingerprint density at radius 3 is 2.67 bits per heavy atom. The van der Waals surface area contributed by atoms with Crippen molar-refractivity contribution < 1.29 is 22.4 Å². The van der Waals surface area contributed by atoms with Crippen LogP contribution in [-0.2, 0) is 11.4 Å². The van der Waals surface area contributed by atoms with Gasteiger partial charge in [0.25, 0.3) is 0 Å². The molecular weight excluding hydrogens is 216 g/mol. The molecule has 0 aliphatic heterocycles. The van der Waals surface area contributed by atoms with Crippen LogP contribution < -0.4 is 5.48 Å². The summed E-state index contributed by atoms with van der Waals surface area (Å²) in [6, 6.07) is 1.15. The molecule has 84 valence electrons. The lowest BCUT2D eigenvalue weighted by Gasteiger charge is -2.08. The lowest BCUT2D eigenvalue weighted by Crippen LogP contribution is -2.24. The van der Waals surface area contributed by atoms with E-state index in [1.807, 2.05) is 0 Å². The Hall–Kier alpha value is -1.21. The molecule has 1 heterocycles. The number of rotatable bonds is 4. The smallest absolute Gasteiger partial charge is 0.292 e. The van der Waals surface area contributed by atoms with Crippen molar-refractivity contribution in [3.05, 3.63) is 29.8 Å². The average Bonchev–Trinajstić information content (AvgIpc) is 2.11. The molecule has 0 spiro atoms. The molecule has 1 aromatic rings.